The third-order valence-electron chi connectivity index (χ3n) is 4.84. The van der Waals surface area contributed by atoms with Crippen molar-refractivity contribution in [2.24, 2.45) is 0 Å². The van der Waals surface area contributed by atoms with Gasteiger partial charge < -0.3 is 4.74 Å². The van der Waals surface area contributed by atoms with Gasteiger partial charge in [0, 0.05) is 24.3 Å². The molecule has 1 unspecified atom stereocenters. The van der Waals surface area contributed by atoms with Gasteiger partial charge in [0.15, 0.2) is 11.0 Å². The number of nitrogens with zero attached hydrogens (tertiary/aromatic N) is 4. The number of carbonyl (C=O) groups is 2. The maximum Gasteiger partial charge on any atom is 0.270 e. The van der Waals surface area contributed by atoms with Crippen molar-refractivity contribution in [1.82, 2.24) is 25.6 Å². The number of amides is 2. The van der Waals surface area contributed by atoms with Gasteiger partial charge >= 0.3 is 0 Å². The Bertz CT molecular complexity index is 1140. The smallest absolute Gasteiger partial charge is 0.270 e. The summed E-state index contributed by atoms with van der Waals surface area (Å²) in [5.74, 6) is -0.396. The minimum Gasteiger partial charge on any atom is -0.376 e. The molecule has 2 amide bonds. The van der Waals surface area contributed by atoms with Crippen LogP contribution in [0.3, 0.4) is 0 Å². The fraction of sp³-hybridized carbons (Fsp3) is 0.300. The number of rotatable bonds is 8. The van der Waals surface area contributed by atoms with Crippen molar-refractivity contribution in [1.29, 1.82) is 0 Å². The summed E-state index contributed by atoms with van der Waals surface area (Å²) in [7, 11) is 0. The molecular weight excluding hydrogens is 468 g/mol. The SMILES string of the molecule is O=C(CSc1nnc(-c2cccs2)n1CC1CCCO1)NNC(=O)c1cccc([N+](=O)[O-])c1. The normalized spacial score (nSPS) is 15.3. The molecule has 0 spiro atoms. The largest absolute Gasteiger partial charge is 0.376 e. The van der Waals surface area contributed by atoms with E-state index >= 15 is 0 Å². The highest BCUT2D eigenvalue weighted by atomic mass is 32.2. The van der Waals surface area contributed by atoms with Crippen LogP contribution in [0.25, 0.3) is 10.7 Å². The predicted molar refractivity (Wildman–Crippen MR) is 122 cm³/mol. The van der Waals surface area contributed by atoms with Crippen LogP contribution in [-0.4, -0.2) is 50.0 Å². The fourth-order valence-corrected chi connectivity index (χ4v) is 4.73. The number of ether oxygens (including phenoxy) is 1. The van der Waals surface area contributed by atoms with E-state index in [1.165, 1.54) is 30.0 Å². The van der Waals surface area contributed by atoms with Crippen LogP contribution in [0, 0.1) is 10.1 Å². The molecule has 1 aromatic carbocycles. The Morgan fingerprint density at radius 3 is 2.88 bits per heavy atom. The van der Waals surface area contributed by atoms with Gasteiger partial charge in [-0.3, -0.25) is 35.1 Å². The monoisotopic (exact) mass is 488 g/mol. The Kier molecular flexibility index (Phi) is 7.32. The first kappa shape index (κ1) is 22.9. The van der Waals surface area contributed by atoms with E-state index in [-0.39, 0.29) is 23.1 Å². The number of nitro benzene ring substituents is 1. The number of carbonyl (C=O) groups excluding carboxylic acids is 2. The Morgan fingerprint density at radius 2 is 2.15 bits per heavy atom. The molecule has 3 heterocycles. The Morgan fingerprint density at radius 1 is 1.27 bits per heavy atom. The molecule has 0 saturated carbocycles. The molecule has 172 valence electrons. The molecule has 1 aliphatic heterocycles. The lowest BCUT2D eigenvalue weighted by molar-refractivity contribution is -0.384. The zero-order valence-corrected chi connectivity index (χ0v) is 18.9. The van der Waals surface area contributed by atoms with Crippen LogP contribution in [0.5, 0.6) is 0 Å². The Hall–Kier alpha value is -3.29. The predicted octanol–water partition coefficient (Wildman–Crippen LogP) is 2.65. The molecule has 11 nitrogen and oxygen atoms in total. The number of hydrazine groups is 1. The van der Waals surface area contributed by atoms with Crippen molar-refractivity contribution >= 4 is 40.6 Å². The summed E-state index contributed by atoms with van der Waals surface area (Å²) in [5.41, 5.74) is 4.44. The number of thioether (sulfide) groups is 1. The summed E-state index contributed by atoms with van der Waals surface area (Å²) in [6, 6.07) is 9.14. The number of nitro groups is 1. The van der Waals surface area contributed by atoms with Gasteiger partial charge in [-0.2, -0.15) is 0 Å². The maximum atomic E-state index is 12.3. The van der Waals surface area contributed by atoms with E-state index in [4.69, 9.17) is 4.74 Å². The van der Waals surface area contributed by atoms with Gasteiger partial charge in [0.1, 0.15) is 0 Å². The molecule has 1 saturated heterocycles. The van der Waals surface area contributed by atoms with Gasteiger partial charge in [-0.15, -0.1) is 21.5 Å². The summed E-state index contributed by atoms with van der Waals surface area (Å²) < 4.78 is 7.72. The van der Waals surface area contributed by atoms with E-state index in [2.05, 4.69) is 21.0 Å². The highest BCUT2D eigenvalue weighted by Crippen LogP contribution is 2.29. The molecule has 1 aliphatic rings. The minimum atomic E-state index is -0.654. The first-order valence-electron chi connectivity index (χ1n) is 10.1. The lowest BCUT2D eigenvalue weighted by Gasteiger charge is -2.14. The van der Waals surface area contributed by atoms with Gasteiger partial charge in [-0.25, -0.2) is 0 Å². The molecule has 13 heteroatoms. The number of nitrogens with one attached hydrogen (secondary N) is 2. The fourth-order valence-electron chi connectivity index (χ4n) is 3.27. The first-order valence-corrected chi connectivity index (χ1v) is 11.9. The van der Waals surface area contributed by atoms with E-state index < -0.39 is 16.7 Å². The van der Waals surface area contributed by atoms with Crippen molar-refractivity contribution in [3.63, 3.8) is 0 Å². The van der Waals surface area contributed by atoms with E-state index in [0.717, 1.165) is 36.2 Å². The highest BCUT2D eigenvalue weighted by molar-refractivity contribution is 7.99. The molecule has 33 heavy (non-hydrogen) atoms. The average Bonchev–Trinajstić information content (AvgIpc) is 3.59. The lowest BCUT2D eigenvalue weighted by atomic mass is 10.2. The molecule has 1 atom stereocenters. The zero-order chi connectivity index (χ0) is 23.2. The van der Waals surface area contributed by atoms with Gasteiger partial charge in [-0.1, -0.05) is 23.9 Å². The Balaban J connectivity index is 1.36. The molecule has 0 radical (unpaired) electrons. The average molecular weight is 489 g/mol. The number of thiophene rings is 1. The van der Waals surface area contributed by atoms with Crippen LogP contribution in [0.2, 0.25) is 0 Å². The topological polar surface area (TPSA) is 141 Å². The second kappa shape index (κ2) is 10.6. The number of hydrogen-bond donors (Lipinski definition) is 2. The molecule has 0 aliphatic carbocycles. The molecule has 1 fully saturated rings. The van der Waals surface area contributed by atoms with Crippen LogP contribution in [0.1, 0.15) is 23.2 Å². The van der Waals surface area contributed by atoms with Crippen LogP contribution in [0.4, 0.5) is 5.69 Å². The van der Waals surface area contributed by atoms with Gasteiger partial charge in [0.2, 0.25) is 5.91 Å². The van der Waals surface area contributed by atoms with Gasteiger partial charge in [0.25, 0.3) is 11.6 Å². The second-order valence-electron chi connectivity index (χ2n) is 7.13. The molecule has 2 aromatic heterocycles. The van der Waals surface area contributed by atoms with E-state index in [1.54, 1.807) is 11.3 Å². The quantitative estimate of drug-likeness (QED) is 0.280. The number of non-ortho nitro benzene ring substituents is 1. The molecular formula is C20H20N6O5S2. The second-order valence-corrected chi connectivity index (χ2v) is 9.02. The van der Waals surface area contributed by atoms with Crippen molar-refractivity contribution in [2.75, 3.05) is 12.4 Å². The number of aromatic nitrogens is 3. The minimum absolute atomic E-state index is 0.0106. The van der Waals surface area contributed by atoms with Gasteiger partial charge in [-0.05, 0) is 30.4 Å². The van der Waals surface area contributed by atoms with Crippen molar-refractivity contribution in [3.8, 4) is 10.7 Å². The molecule has 0 bridgehead atoms. The van der Waals surface area contributed by atoms with Crippen LogP contribution in [0.15, 0.2) is 46.9 Å². The number of hydrogen-bond acceptors (Lipinski definition) is 9. The van der Waals surface area contributed by atoms with Crippen LogP contribution in [-0.2, 0) is 16.1 Å². The third kappa shape index (κ3) is 5.74. The van der Waals surface area contributed by atoms with Crippen LogP contribution < -0.4 is 10.9 Å². The zero-order valence-electron chi connectivity index (χ0n) is 17.3. The van der Waals surface area contributed by atoms with Crippen LogP contribution >= 0.6 is 23.1 Å². The highest BCUT2D eigenvalue weighted by Gasteiger charge is 2.22. The standard InChI is InChI=1S/C20H20N6O5S2/c27-17(21-23-19(28)13-4-1-5-14(10-13)26(29)30)12-33-20-24-22-18(16-7-3-9-32-16)25(20)11-15-6-2-8-31-15/h1,3-5,7,9-10,15H,2,6,8,11-12H2,(H,21,27)(H,23,28). The van der Waals surface area contributed by atoms with Crippen molar-refractivity contribution in [3.05, 3.63) is 57.5 Å². The summed E-state index contributed by atoms with van der Waals surface area (Å²) in [4.78, 5) is 35.7. The summed E-state index contributed by atoms with van der Waals surface area (Å²) in [5, 5.41) is 22.0. The van der Waals surface area contributed by atoms with Crippen molar-refractivity contribution in [2.45, 2.75) is 30.6 Å². The maximum absolute atomic E-state index is 12.3. The third-order valence-corrected chi connectivity index (χ3v) is 6.67. The summed E-state index contributed by atoms with van der Waals surface area (Å²) >= 11 is 2.75. The molecule has 4 rings (SSSR count). The Labute approximate surface area is 196 Å². The molecule has 3 aromatic rings. The van der Waals surface area contributed by atoms with E-state index in [1.807, 2.05) is 22.1 Å². The summed E-state index contributed by atoms with van der Waals surface area (Å²) in [6.07, 6.45) is 2.04. The van der Waals surface area contributed by atoms with Gasteiger partial charge in [0.05, 0.1) is 28.2 Å². The van der Waals surface area contributed by atoms with E-state index in [9.17, 15) is 19.7 Å². The van der Waals surface area contributed by atoms with Crippen molar-refractivity contribution < 1.29 is 19.2 Å². The lowest BCUT2D eigenvalue weighted by Crippen LogP contribution is -2.42. The molecule has 2 N–H and O–H groups in total. The summed E-state index contributed by atoms with van der Waals surface area (Å²) in [6.45, 7) is 1.32. The van der Waals surface area contributed by atoms with E-state index in [0.29, 0.717) is 11.7 Å². The first-order chi connectivity index (χ1) is 16.0. The number of benzene rings is 1.